The van der Waals surface area contributed by atoms with Gasteiger partial charge in [0.2, 0.25) is 0 Å². The predicted octanol–water partition coefficient (Wildman–Crippen LogP) is 2.28. The van der Waals surface area contributed by atoms with E-state index in [1.807, 2.05) is 25.6 Å². The van der Waals surface area contributed by atoms with Crippen molar-refractivity contribution >= 4 is 34.8 Å². The van der Waals surface area contributed by atoms with Gasteiger partial charge in [0.1, 0.15) is 4.99 Å². The summed E-state index contributed by atoms with van der Waals surface area (Å²) >= 11 is 6.95. The minimum Gasteiger partial charge on any atom is -0.389 e. The Morgan fingerprint density at radius 2 is 2.06 bits per heavy atom. The molecule has 1 aromatic rings. The topological polar surface area (TPSA) is 63.8 Å². The van der Waals surface area contributed by atoms with Crippen molar-refractivity contribution in [3.8, 4) is 0 Å². The van der Waals surface area contributed by atoms with E-state index in [-0.39, 0.29) is 0 Å². The molecule has 0 aromatic carbocycles. The Morgan fingerprint density at radius 3 is 2.67 bits per heavy atom. The van der Waals surface area contributed by atoms with Gasteiger partial charge < -0.3 is 11.1 Å². The first-order valence-corrected chi connectivity index (χ1v) is 7.74. The van der Waals surface area contributed by atoms with Gasteiger partial charge in [0.25, 0.3) is 0 Å². The zero-order valence-electron chi connectivity index (χ0n) is 11.1. The maximum atomic E-state index is 5.76. The quantitative estimate of drug-likeness (QED) is 0.591. The summed E-state index contributed by atoms with van der Waals surface area (Å²) < 4.78 is 0. The zero-order chi connectivity index (χ0) is 13.5. The molecule has 0 aliphatic carbocycles. The second-order valence-electron chi connectivity index (χ2n) is 4.12. The number of nitrogens with two attached hydrogens (primary N) is 1. The van der Waals surface area contributed by atoms with Gasteiger partial charge in [-0.25, -0.2) is 0 Å². The maximum absolute atomic E-state index is 5.76. The number of hydrogen-bond donors (Lipinski definition) is 2. The molecule has 0 saturated carbocycles. The second kappa shape index (κ2) is 7.53. The van der Waals surface area contributed by atoms with Crippen LogP contribution in [0.15, 0.2) is 0 Å². The summed E-state index contributed by atoms with van der Waals surface area (Å²) in [6, 6.07) is 0. The van der Waals surface area contributed by atoms with Gasteiger partial charge in [-0.05, 0) is 44.3 Å². The molecule has 0 saturated heterocycles. The molecule has 0 bridgehead atoms. The molecule has 1 aromatic heterocycles. The molecule has 18 heavy (non-hydrogen) atoms. The monoisotopic (exact) mass is 284 g/mol. The van der Waals surface area contributed by atoms with Crippen LogP contribution in [0.1, 0.15) is 29.7 Å². The number of thiocarbonyl (C=S) groups is 1. The summed E-state index contributed by atoms with van der Waals surface area (Å²) in [4.78, 5) is 0.372. The Morgan fingerprint density at radius 1 is 1.33 bits per heavy atom. The first kappa shape index (κ1) is 15.2. The minimum atomic E-state index is 0.372. The third-order valence-electron chi connectivity index (χ3n) is 2.77. The van der Waals surface area contributed by atoms with Gasteiger partial charge in [-0.1, -0.05) is 12.2 Å². The molecule has 0 unspecified atom stereocenters. The molecule has 0 fully saturated rings. The van der Waals surface area contributed by atoms with Crippen molar-refractivity contribution in [1.82, 2.24) is 10.2 Å². The highest BCUT2D eigenvalue weighted by Crippen LogP contribution is 2.18. The lowest BCUT2D eigenvalue weighted by Gasteiger charge is -2.12. The largest absolute Gasteiger partial charge is 0.389 e. The molecule has 4 nitrogen and oxygen atoms in total. The molecule has 0 aliphatic heterocycles. The van der Waals surface area contributed by atoms with Crippen LogP contribution in [0, 0.1) is 13.8 Å². The fourth-order valence-electron chi connectivity index (χ4n) is 1.61. The number of nitrogens with zero attached hydrogens (tertiary/aromatic N) is 2. The average Bonchev–Trinajstić information content (AvgIpc) is 2.33. The highest BCUT2D eigenvalue weighted by molar-refractivity contribution is 7.98. The van der Waals surface area contributed by atoms with Crippen LogP contribution in [-0.2, 0) is 0 Å². The molecular formula is C12H20N4S2. The molecule has 0 radical (unpaired) electrons. The van der Waals surface area contributed by atoms with Crippen molar-refractivity contribution in [2.75, 3.05) is 23.9 Å². The second-order valence-corrected chi connectivity index (χ2v) is 5.55. The van der Waals surface area contributed by atoms with Crippen molar-refractivity contribution in [1.29, 1.82) is 0 Å². The number of anilines is 1. The average molecular weight is 284 g/mol. The van der Waals surface area contributed by atoms with Gasteiger partial charge in [-0.15, -0.1) is 5.10 Å². The van der Waals surface area contributed by atoms with Crippen molar-refractivity contribution in [3.05, 3.63) is 16.8 Å². The zero-order valence-corrected chi connectivity index (χ0v) is 12.7. The number of hydrogen-bond acceptors (Lipinski definition) is 5. The van der Waals surface area contributed by atoms with Crippen LogP contribution in [0.3, 0.4) is 0 Å². The Bertz CT molecular complexity index is 421. The summed E-state index contributed by atoms with van der Waals surface area (Å²) in [7, 11) is 0. The van der Waals surface area contributed by atoms with Crippen LogP contribution >= 0.6 is 24.0 Å². The summed E-state index contributed by atoms with van der Waals surface area (Å²) in [5, 5.41) is 11.5. The van der Waals surface area contributed by atoms with Crippen LogP contribution in [0.25, 0.3) is 0 Å². The van der Waals surface area contributed by atoms with Gasteiger partial charge in [0, 0.05) is 6.54 Å². The lowest BCUT2D eigenvalue weighted by Crippen LogP contribution is -2.18. The molecule has 1 rings (SSSR count). The van der Waals surface area contributed by atoms with E-state index in [4.69, 9.17) is 18.0 Å². The van der Waals surface area contributed by atoms with E-state index >= 15 is 0 Å². The number of aryl methyl sites for hydroxylation is 1. The van der Waals surface area contributed by atoms with Gasteiger partial charge in [0.15, 0.2) is 5.82 Å². The summed E-state index contributed by atoms with van der Waals surface area (Å²) in [5.41, 5.74) is 8.45. The Hall–Kier alpha value is -0.880. The van der Waals surface area contributed by atoms with E-state index in [0.717, 1.165) is 29.8 Å². The fourth-order valence-corrected chi connectivity index (χ4v) is 2.35. The van der Waals surface area contributed by atoms with Crippen molar-refractivity contribution < 1.29 is 0 Å². The minimum absolute atomic E-state index is 0.372. The van der Waals surface area contributed by atoms with E-state index in [2.05, 4.69) is 21.8 Å². The van der Waals surface area contributed by atoms with Crippen LogP contribution in [0.5, 0.6) is 0 Å². The maximum Gasteiger partial charge on any atom is 0.159 e. The van der Waals surface area contributed by atoms with E-state index in [1.54, 1.807) is 0 Å². The summed E-state index contributed by atoms with van der Waals surface area (Å²) in [5.74, 6) is 1.89. The third-order valence-corrected chi connectivity index (χ3v) is 3.67. The normalized spacial score (nSPS) is 10.4. The van der Waals surface area contributed by atoms with Crippen LogP contribution in [-0.4, -0.2) is 33.7 Å². The molecule has 3 N–H and O–H groups in total. The molecule has 100 valence electrons. The fraction of sp³-hybridized carbons (Fsp3) is 0.583. The number of nitrogens with one attached hydrogen (secondary N) is 1. The number of thioether (sulfide) groups is 1. The van der Waals surface area contributed by atoms with Crippen molar-refractivity contribution in [2.45, 2.75) is 26.7 Å². The van der Waals surface area contributed by atoms with Crippen LogP contribution in [0.2, 0.25) is 0 Å². The highest BCUT2D eigenvalue weighted by Gasteiger charge is 2.12. The molecular weight excluding hydrogens is 264 g/mol. The van der Waals surface area contributed by atoms with Crippen molar-refractivity contribution in [3.63, 3.8) is 0 Å². The Kier molecular flexibility index (Phi) is 6.35. The van der Waals surface area contributed by atoms with Gasteiger partial charge in [0.05, 0.1) is 11.3 Å². The SMILES string of the molecule is CSCCCCNc1nnc(C)c(C)c1C(N)=S. The first-order chi connectivity index (χ1) is 8.57. The first-order valence-electron chi connectivity index (χ1n) is 5.94. The summed E-state index contributed by atoms with van der Waals surface area (Å²) in [6.07, 6.45) is 4.41. The summed E-state index contributed by atoms with van der Waals surface area (Å²) in [6.45, 7) is 4.75. The number of aromatic nitrogens is 2. The van der Waals surface area contributed by atoms with E-state index in [9.17, 15) is 0 Å². The lowest BCUT2D eigenvalue weighted by atomic mass is 10.1. The Balaban J connectivity index is 2.70. The number of rotatable bonds is 7. The molecule has 0 spiro atoms. The van der Waals surface area contributed by atoms with Crippen LogP contribution < -0.4 is 11.1 Å². The molecule has 0 amide bonds. The van der Waals surface area contributed by atoms with Gasteiger partial charge in [-0.3, -0.25) is 0 Å². The highest BCUT2D eigenvalue weighted by atomic mass is 32.2. The van der Waals surface area contributed by atoms with E-state index in [1.165, 1.54) is 12.2 Å². The molecule has 0 atom stereocenters. The number of unbranched alkanes of at least 4 members (excludes halogenated alkanes) is 1. The van der Waals surface area contributed by atoms with Crippen molar-refractivity contribution in [2.24, 2.45) is 5.73 Å². The van der Waals surface area contributed by atoms with E-state index in [0.29, 0.717) is 10.8 Å². The molecule has 0 aliphatic rings. The lowest BCUT2D eigenvalue weighted by molar-refractivity contribution is 0.832. The smallest absolute Gasteiger partial charge is 0.159 e. The van der Waals surface area contributed by atoms with Crippen LogP contribution in [0.4, 0.5) is 5.82 Å². The standard InChI is InChI=1S/C12H20N4S2/c1-8-9(2)15-16-12(10(8)11(13)17)14-6-4-5-7-18-3/h4-7H2,1-3H3,(H2,13,17)(H,14,16). The van der Waals surface area contributed by atoms with Gasteiger partial charge >= 0.3 is 0 Å². The molecule has 1 heterocycles. The third kappa shape index (κ3) is 4.10. The Labute approximate surface area is 118 Å². The molecule has 6 heteroatoms. The van der Waals surface area contributed by atoms with E-state index < -0.39 is 0 Å². The van der Waals surface area contributed by atoms with Gasteiger partial charge in [-0.2, -0.15) is 16.9 Å². The predicted molar refractivity (Wildman–Crippen MR) is 83.5 cm³/mol.